The maximum atomic E-state index is 10.4. The zero-order chi connectivity index (χ0) is 6.85. The van der Waals surface area contributed by atoms with Gasteiger partial charge in [0.05, 0.1) is 0 Å². The van der Waals surface area contributed by atoms with Crippen molar-refractivity contribution < 1.29 is 35.8 Å². The minimum atomic E-state index is -0.836. The molecule has 1 heterocycles. The number of nitrogens with one attached hydrogen (secondary N) is 2. The van der Waals surface area contributed by atoms with Gasteiger partial charge in [0, 0.05) is 0 Å². The van der Waals surface area contributed by atoms with Gasteiger partial charge in [-0.05, 0) is 0 Å². The van der Waals surface area contributed by atoms with Crippen LogP contribution in [0, 0.1) is 0 Å². The van der Waals surface area contributed by atoms with Gasteiger partial charge in [-0.25, -0.2) is 10.3 Å². The number of hydrogen-bond donors (Lipinski definition) is 3. The van der Waals surface area contributed by atoms with Crippen LogP contribution in [0.15, 0.2) is 4.79 Å². The van der Waals surface area contributed by atoms with Crippen molar-refractivity contribution in [1.82, 2.24) is 15.4 Å². The molecule has 6 nitrogen and oxygen atoms in total. The SMILES string of the molecule is NC(=O)c1n[nH][nH]c1=O.[H-].[Na+]. The molecule has 7 heteroatoms. The number of primary amides is 1. The molecule has 0 saturated carbocycles. The molecule has 0 saturated heterocycles. The molecule has 0 spiro atoms. The van der Waals surface area contributed by atoms with E-state index in [4.69, 9.17) is 5.73 Å². The number of amides is 1. The normalized spacial score (nSPS) is 8.40. The standard InChI is InChI=1S/C3H4N4O2.Na.H/c4-2(8)1-3(9)6-7-5-1;;/h(H2,4,8)(H2,5,6,7,9);;/q;+1;-1. The van der Waals surface area contributed by atoms with Crippen LogP contribution in [0.25, 0.3) is 0 Å². The molecule has 0 fully saturated rings. The molecule has 1 aromatic heterocycles. The summed E-state index contributed by atoms with van der Waals surface area (Å²) in [5.41, 5.74) is 3.83. The van der Waals surface area contributed by atoms with E-state index in [0.717, 1.165) is 0 Å². The fourth-order valence-electron chi connectivity index (χ4n) is 0.412. The maximum Gasteiger partial charge on any atom is 1.00 e. The van der Waals surface area contributed by atoms with Crippen LogP contribution in [0.5, 0.6) is 0 Å². The van der Waals surface area contributed by atoms with Crippen LogP contribution in [0.3, 0.4) is 0 Å². The van der Waals surface area contributed by atoms with E-state index in [2.05, 4.69) is 15.4 Å². The molecule has 0 aliphatic carbocycles. The number of hydrogen-bond acceptors (Lipinski definition) is 3. The summed E-state index contributed by atoms with van der Waals surface area (Å²) >= 11 is 0. The minimum absolute atomic E-state index is 0. The Bertz CT molecular complexity index is 281. The first-order valence-electron chi connectivity index (χ1n) is 2.14. The second-order valence-electron chi connectivity index (χ2n) is 1.39. The van der Waals surface area contributed by atoms with Crippen LogP contribution in [0.1, 0.15) is 11.9 Å². The minimum Gasteiger partial charge on any atom is -1.00 e. The summed E-state index contributed by atoms with van der Waals surface area (Å²) in [5, 5.41) is 7.40. The number of H-pyrrole nitrogens is 2. The number of nitrogens with zero attached hydrogens (tertiary/aromatic N) is 1. The number of aromatic nitrogens is 3. The number of carbonyl (C=O) groups excluding carboxylic acids is 1. The van der Waals surface area contributed by atoms with Gasteiger partial charge in [0.1, 0.15) is 0 Å². The van der Waals surface area contributed by atoms with E-state index in [-0.39, 0.29) is 36.7 Å². The average molecular weight is 152 g/mol. The van der Waals surface area contributed by atoms with Crippen molar-refractivity contribution in [2.75, 3.05) is 0 Å². The van der Waals surface area contributed by atoms with E-state index in [1.807, 2.05) is 0 Å². The molecule has 4 N–H and O–H groups in total. The van der Waals surface area contributed by atoms with Crippen molar-refractivity contribution in [3.63, 3.8) is 0 Å². The average Bonchev–Trinajstić information content (AvgIpc) is 2.13. The maximum absolute atomic E-state index is 10.4. The quantitative estimate of drug-likeness (QED) is 0.352. The Morgan fingerprint density at radius 3 is 2.50 bits per heavy atom. The number of rotatable bonds is 1. The summed E-state index contributed by atoms with van der Waals surface area (Å²) < 4.78 is 0. The summed E-state index contributed by atoms with van der Waals surface area (Å²) in [5.74, 6) is -0.836. The van der Waals surface area contributed by atoms with Crippen LogP contribution in [-0.2, 0) is 0 Å². The Morgan fingerprint density at radius 1 is 1.70 bits per heavy atom. The van der Waals surface area contributed by atoms with Crippen LogP contribution in [-0.4, -0.2) is 21.3 Å². The van der Waals surface area contributed by atoms with Crippen molar-refractivity contribution in [2.24, 2.45) is 5.73 Å². The third-order valence-electron chi connectivity index (χ3n) is 0.786. The Balaban J connectivity index is 0. The van der Waals surface area contributed by atoms with Crippen LogP contribution in [0.4, 0.5) is 0 Å². The van der Waals surface area contributed by atoms with Gasteiger partial charge in [-0.15, -0.1) is 5.10 Å². The van der Waals surface area contributed by atoms with Gasteiger partial charge in [0.2, 0.25) is 5.69 Å². The smallest absolute Gasteiger partial charge is 1.00 e. The fraction of sp³-hybridized carbons (Fsp3) is 0. The molecule has 1 amide bonds. The van der Waals surface area contributed by atoms with Crippen LogP contribution in [0.2, 0.25) is 0 Å². The van der Waals surface area contributed by atoms with E-state index >= 15 is 0 Å². The van der Waals surface area contributed by atoms with Gasteiger partial charge in [-0.3, -0.25) is 9.59 Å². The first-order chi connectivity index (χ1) is 4.22. The second-order valence-corrected chi connectivity index (χ2v) is 1.39. The Morgan fingerprint density at radius 2 is 2.30 bits per heavy atom. The van der Waals surface area contributed by atoms with E-state index < -0.39 is 11.5 Å². The summed E-state index contributed by atoms with van der Waals surface area (Å²) in [6.07, 6.45) is 0. The second kappa shape index (κ2) is 3.55. The largest absolute Gasteiger partial charge is 1.00 e. The molecular formula is C3H5N4NaO2. The van der Waals surface area contributed by atoms with Gasteiger partial charge < -0.3 is 7.16 Å². The Labute approximate surface area is 78.9 Å². The number of nitrogens with two attached hydrogens (primary N) is 1. The number of aromatic amines is 2. The zero-order valence-corrected chi connectivity index (χ0v) is 7.34. The van der Waals surface area contributed by atoms with E-state index in [9.17, 15) is 9.59 Å². The fourth-order valence-corrected chi connectivity index (χ4v) is 0.412. The molecular weight excluding hydrogens is 147 g/mol. The molecule has 1 aromatic rings. The molecule has 1 rings (SSSR count). The number of carbonyl (C=O) groups is 1. The Hall–Kier alpha value is -0.590. The molecule has 0 aliphatic heterocycles. The van der Waals surface area contributed by atoms with Gasteiger partial charge in [0.25, 0.3) is 11.5 Å². The zero-order valence-electron chi connectivity index (χ0n) is 6.34. The van der Waals surface area contributed by atoms with Crippen molar-refractivity contribution in [3.8, 4) is 0 Å². The Kier molecular flexibility index (Phi) is 3.34. The topological polar surface area (TPSA) is 105 Å². The van der Waals surface area contributed by atoms with Crippen molar-refractivity contribution >= 4 is 5.91 Å². The summed E-state index contributed by atoms with van der Waals surface area (Å²) in [4.78, 5) is 20.6. The first kappa shape index (κ1) is 9.41. The monoisotopic (exact) mass is 152 g/mol. The van der Waals surface area contributed by atoms with Crippen molar-refractivity contribution in [1.29, 1.82) is 0 Å². The molecule has 0 aromatic carbocycles. The summed E-state index contributed by atoms with van der Waals surface area (Å²) in [6, 6.07) is 0. The van der Waals surface area contributed by atoms with E-state index in [1.165, 1.54) is 0 Å². The predicted molar refractivity (Wildman–Crippen MR) is 28.8 cm³/mol. The van der Waals surface area contributed by atoms with Gasteiger partial charge >= 0.3 is 29.6 Å². The van der Waals surface area contributed by atoms with Gasteiger partial charge in [-0.2, -0.15) is 0 Å². The summed E-state index contributed by atoms with van der Waals surface area (Å²) in [7, 11) is 0. The van der Waals surface area contributed by atoms with Gasteiger partial charge in [-0.1, -0.05) is 0 Å². The molecule has 50 valence electrons. The third-order valence-corrected chi connectivity index (χ3v) is 0.786. The van der Waals surface area contributed by atoms with E-state index in [0.29, 0.717) is 0 Å². The third kappa shape index (κ3) is 1.69. The molecule has 10 heavy (non-hydrogen) atoms. The van der Waals surface area contributed by atoms with Crippen LogP contribution < -0.4 is 40.9 Å². The molecule has 0 atom stereocenters. The van der Waals surface area contributed by atoms with E-state index in [1.54, 1.807) is 0 Å². The molecule has 0 radical (unpaired) electrons. The molecule has 0 aliphatic rings. The van der Waals surface area contributed by atoms with Crippen LogP contribution >= 0.6 is 0 Å². The van der Waals surface area contributed by atoms with Crippen molar-refractivity contribution in [3.05, 3.63) is 16.0 Å². The summed E-state index contributed by atoms with van der Waals surface area (Å²) in [6.45, 7) is 0. The first-order valence-corrected chi connectivity index (χ1v) is 2.14. The molecule has 0 bridgehead atoms. The predicted octanol–water partition coefficient (Wildman–Crippen LogP) is -4.69. The van der Waals surface area contributed by atoms with Gasteiger partial charge in [0.15, 0.2) is 0 Å². The molecule has 0 unspecified atom stereocenters. The van der Waals surface area contributed by atoms with Crippen molar-refractivity contribution in [2.45, 2.75) is 0 Å².